The molecular weight excluding hydrogens is 566 g/mol. The van der Waals surface area contributed by atoms with Gasteiger partial charge in [-0.3, -0.25) is 0 Å². The normalized spacial score (nSPS) is 15.7. The molecule has 0 nitrogen and oxygen atoms in total. The molecule has 0 aliphatic heterocycles. The van der Waals surface area contributed by atoms with Crippen molar-refractivity contribution in [3.63, 3.8) is 0 Å². The van der Waals surface area contributed by atoms with E-state index in [1.807, 2.05) is 60.7 Å². The SMILES string of the molecule is CC1=CC[C]([Hf][C]2=CC(C)=CC2)=C1.Cl[Si](Cl)(c1ccccc1)c1ccccc1. The number of hydrogen-bond acceptors (Lipinski definition) is 0. The molecule has 0 heterocycles. The Labute approximate surface area is 190 Å². The quantitative estimate of drug-likeness (QED) is 0.292. The molecule has 0 N–H and O–H groups in total. The van der Waals surface area contributed by atoms with Gasteiger partial charge in [-0.25, -0.2) is 0 Å². The number of rotatable bonds is 4. The van der Waals surface area contributed by atoms with Crippen molar-refractivity contribution in [2.45, 2.75) is 26.7 Å². The topological polar surface area (TPSA) is 0 Å². The van der Waals surface area contributed by atoms with Crippen LogP contribution in [0.2, 0.25) is 0 Å². The Balaban J connectivity index is 0.000000162. The largest absolute Gasteiger partial charge is 0.310 e. The number of benzene rings is 2. The summed E-state index contributed by atoms with van der Waals surface area (Å²) in [6.07, 6.45) is 12.1. The molecular formula is C24H24Cl2HfSi. The first-order valence-electron chi connectivity index (χ1n) is 9.45. The second-order valence-corrected chi connectivity index (χ2v) is 18.9. The number of hydrogen-bond donors (Lipinski definition) is 0. The molecule has 28 heavy (non-hydrogen) atoms. The van der Waals surface area contributed by atoms with Gasteiger partial charge in [-0.05, 0) is 10.4 Å². The van der Waals surface area contributed by atoms with Gasteiger partial charge in [0.2, 0.25) is 0 Å². The fourth-order valence-corrected chi connectivity index (χ4v) is 11.3. The molecule has 2 aromatic carbocycles. The molecule has 0 unspecified atom stereocenters. The van der Waals surface area contributed by atoms with Gasteiger partial charge in [0.15, 0.2) is 0 Å². The van der Waals surface area contributed by atoms with E-state index in [1.165, 1.54) is 24.0 Å². The van der Waals surface area contributed by atoms with Crippen molar-refractivity contribution in [1.29, 1.82) is 0 Å². The van der Waals surface area contributed by atoms with Gasteiger partial charge in [-0.2, -0.15) is 0 Å². The van der Waals surface area contributed by atoms with E-state index in [-0.39, 0.29) is 0 Å². The second-order valence-electron chi connectivity index (χ2n) is 7.08. The van der Waals surface area contributed by atoms with Gasteiger partial charge in [0.05, 0.1) is 0 Å². The van der Waals surface area contributed by atoms with Crippen molar-refractivity contribution in [3.8, 4) is 0 Å². The van der Waals surface area contributed by atoms with Gasteiger partial charge < -0.3 is 0 Å². The monoisotopic (exact) mass is 590 g/mol. The Kier molecular flexibility index (Phi) is 7.93. The summed E-state index contributed by atoms with van der Waals surface area (Å²) in [6, 6.07) is 19.7. The van der Waals surface area contributed by atoms with Crippen LogP contribution in [0.5, 0.6) is 0 Å². The maximum absolute atomic E-state index is 6.49. The van der Waals surface area contributed by atoms with E-state index in [9.17, 15) is 0 Å². The maximum Gasteiger partial charge on any atom is 0.310 e. The zero-order valence-corrected chi connectivity index (χ0v) is 22.4. The third kappa shape index (κ3) is 6.03. The van der Waals surface area contributed by atoms with Gasteiger partial charge in [0, 0.05) is 0 Å². The van der Waals surface area contributed by atoms with E-state index in [4.69, 9.17) is 22.2 Å². The molecule has 2 aromatic rings. The van der Waals surface area contributed by atoms with Crippen LogP contribution in [-0.2, 0) is 22.9 Å². The van der Waals surface area contributed by atoms with Crippen LogP contribution in [0.15, 0.2) is 103 Å². The van der Waals surface area contributed by atoms with Gasteiger partial charge in [-0.1, -0.05) is 60.7 Å². The molecule has 0 aromatic heterocycles. The average molecular weight is 590 g/mol. The summed E-state index contributed by atoms with van der Waals surface area (Å²) < 4.78 is 3.54. The molecule has 4 rings (SSSR count). The third-order valence-corrected chi connectivity index (χ3v) is 14.2. The van der Waals surface area contributed by atoms with E-state index in [2.05, 4.69) is 38.2 Å². The zero-order valence-electron chi connectivity index (χ0n) is 16.3. The van der Waals surface area contributed by atoms with Crippen LogP contribution >= 0.6 is 22.2 Å². The maximum atomic E-state index is 6.49. The molecule has 0 atom stereocenters. The first-order chi connectivity index (χ1) is 13.4. The Bertz CT molecular complexity index is 850. The first kappa shape index (κ1) is 21.8. The smallest absolute Gasteiger partial charge is 0.134 e. The molecule has 2 aliphatic carbocycles. The van der Waals surface area contributed by atoms with Gasteiger partial charge in [0.25, 0.3) is 0 Å². The summed E-state index contributed by atoms with van der Waals surface area (Å²) in [5.41, 5.74) is 2.96. The minimum absolute atomic E-state index is 0.587. The van der Waals surface area contributed by atoms with E-state index >= 15 is 0 Å². The second kappa shape index (κ2) is 10.2. The molecule has 0 bridgehead atoms. The van der Waals surface area contributed by atoms with Crippen molar-refractivity contribution in [3.05, 3.63) is 103 Å². The average Bonchev–Trinajstić information content (AvgIpc) is 3.31. The minimum Gasteiger partial charge on any atom is -0.134 e. The van der Waals surface area contributed by atoms with Crippen molar-refractivity contribution in [2.24, 2.45) is 0 Å². The van der Waals surface area contributed by atoms with E-state index < -0.39 is 29.6 Å². The van der Waals surface area contributed by atoms with E-state index in [0.717, 1.165) is 10.4 Å². The molecule has 4 heteroatoms. The Morgan fingerprint density at radius 3 is 1.39 bits per heavy atom. The third-order valence-electron chi connectivity index (χ3n) is 4.69. The Morgan fingerprint density at radius 2 is 1.07 bits per heavy atom. The summed E-state index contributed by atoms with van der Waals surface area (Å²) in [4.78, 5) is 0. The molecule has 0 radical (unpaired) electrons. The van der Waals surface area contributed by atoms with Crippen LogP contribution in [0.25, 0.3) is 0 Å². The van der Waals surface area contributed by atoms with Crippen molar-refractivity contribution < 1.29 is 22.9 Å². The first-order valence-corrected chi connectivity index (χ1v) is 17.1. The molecule has 2 aliphatic rings. The fourth-order valence-electron chi connectivity index (χ4n) is 3.17. The molecule has 0 amide bonds. The zero-order chi connectivity index (χ0) is 20.0. The molecule has 0 fully saturated rings. The summed E-state index contributed by atoms with van der Waals surface area (Å²) in [7, 11) is 0. The van der Waals surface area contributed by atoms with Crippen LogP contribution in [0.1, 0.15) is 26.7 Å². The van der Waals surface area contributed by atoms with Crippen LogP contribution in [0.4, 0.5) is 0 Å². The Hall–Kier alpha value is -0.933. The Morgan fingerprint density at radius 1 is 0.679 bits per heavy atom. The minimum atomic E-state index is -2.51. The molecule has 0 saturated carbocycles. The summed E-state index contributed by atoms with van der Waals surface area (Å²) in [5, 5.41) is 2.05. The summed E-state index contributed by atoms with van der Waals surface area (Å²) in [6.45, 7) is 1.91. The van der Waals surface area contributed by atoms with Crippen molar-refractivity contribution >= 4 is 39.2 Å². The van der Waals surface area contributed by atoms with Crippen LogP contribution < -0.4 is 10.4 Å². The predicted molar refractivity (Wildman–Crippen MR) is 123 cm³/mol. The number of allylic oxidation sites excluding steroid dienone is 8. The number of halogens is 2. The van der Waals surface area contributed by atoms with Crippen molar-refractivity contribution in [1.82, 2.24) is 0 Å². The van der Waals surface area contributed by atoms with Gasteiger partial charge >= 0.3 is 98.4 Å². The molecule has 0 spiro atoms. The van der Waals surface area contributed by atoms with Crippen molar-refractivity contribution in [2.75, 3.05) is 0 Å². The standard InChI is InChI=1S/C12H10Cl2Si.2C6H7.Hf/c13-15(14,11-7-3-1-4-8-11)12-9-5-2-6-10-12;2*1-6-4-2-3-5-6;/h1-10H;2*4-5H,2H2,1H3;. The van der Waals surface area contributed by atoms with Crippen LogP contribution in [-0.4, -0.2) is 6.69 Å². The van der Waals surface area contributed by atoms with E-state index in [1.54, 1.807) is 6.66 Å². The van der Waals surface area contributed by atoms with Gasteiger partial charge in [-0.15, -0.1) is 22.2 Å². The predicted octanol–water partition coefficient (Wildman–Crippen LogP) is 6.26. The van der Waals surface area contributed by atoms with Gasteiger partial charge in [0.1, 0.15) is 0 Å². The molecule has 142 valence electrons. The summed E-state index contributed by atoms with van der Waals surface area (Å²) >= 11 is 12.4. The van der Waals surface area contributed by atoms with E-state index in [0.29, 0.717) is 0 Å². The summed E-state index contributed by atoms with van der Waals surface area (Å²) in [5.74, 6) is 0. The molecule has 0 saturated heterocycles. The fraction of sp³-hybridized carbons (Fsp3) is 0.167. The van der Waals surface area contributed by atoms with Crippen LogP contribution in [0.3, 0.4) is 0 Å². The van der Waals surface area contributed by atoms with Crippen LogP contribution in [0, 0.1) is 0 Å².